The van der Waals surface area contributed by atoms with E-state index in [9.17, 15) is 19.5 Å². The molecule has 2 unspecified atom stereocenters. The van der Waals surface area contributed by atoms with Gasteiger partial charge < -0.3 is 20.2 Å². The van der Waals surface area contributed by atoms with Crippen LogP contribution in [0.15, 0.2) is 30.5 Å². The Kier molecular flexibility index (Phi) is 5.22. The summed E-state index contributed by atoms with van der Waals surface area (Å²) in [6.45, 7) is 1.14. The third-order valence-electron chi connectivity index (χ3n) is 6.33. The van der Waals surface area contributed by atoms with E-state index in [4.69, 9.17) is 0 Å². The van der Waals surface area contributed by atoms with Crippen molar-refractivity contribution >= 4 is 35.2 Å². The minimum atomic E-state index is -0.656. The number of nitrogens with one attached hydrogen (secondary N) is 2. The van der Waals surface area contributed by atoms with Crippen LogP contribution in [0.1, 0.15) is 41.6 Å². The normalized spacial score (nSPS) is 22.8. The lowest BCUT2D eigenvalue weighted by atomic mass is 10.0. The topological polar surface area (TPSA) is 128 Å². The van der Waals surface area contributed by atoms with Gasteiger partial charge in [-0.2, -0.15) is 4.98 Å². The molecular formula is C22H24N6O4. The Morgan fingerprint density at radius 2 is 2.03 bits per heavy atom. The molecule has 10 nitrogen and oxygen atoms in total. The van der Waals surface area contributed by atoms with E-state index in [-0.39, 0.29) is 37.4 Å². The molecule has 5 rings (SSSR count). The molecule has 3 N–H and O–H groups in total. The van der Waals surface area contributed by atoms with E-state index in [1.165, 1.54) is 4.90 Å². The van der Waals surface area contributed by atoms with Crippen molar-refractivity contribution < 1.29 is 19.5 Å². The van der Waals surface area contributed by atoms with E-state index in [0.29, 0.717) is 23.8 Å². The molecule has 0 radical (unpaired) electrons. The number of fused-ring (bicyclic) bond motifs is 1. The molecule has 0 aliphatic carbocycles. The average molecular weight is 436 g/mol. The first-order valence-electron chi connectivity index (χ1n) is 10.8. The van der Waals surface area contributed by atoms with Gasteiger partial charge in [0.2, 0.25) is 17.8 Å². The fourth-order valence-electron chi connectivity index (χ4n) is 4.69. The zero-order chi connectivity index (χ0) is 22.2. The molecule has 166 valence electrons. The number of imide groups is 1. The smallest absolute Gasteiger partial charge is 0.255 e. The largest absolute Gasteiger partial charge is 0.394 e. The van der Waals surface area contributed by atoms with Gasteiger partial charge in [-0.3, -0.25) is 19.7 Å². The van der Waals surface area contributed by atoms with E-state index in [2.05, 4.69) is 20.6 Å². The van der Waals surface area contributed by atoms with Crippen LogP contribution >= 0.6 is 0 Å². The van der Waals surface area contributed by atoms with E-state index in [0.717, 1.165) is 30.6 Å². The molecule has 0 spiro atoms. The SMILES string of the molecule is O=C1CCC(N2Cc3c(Nc4ccnc(N5CCCC5CO)n4)cccc3C2=O)C(=O)N1. The summed E-state index contributed by atoms with van der Waals surface area (Å²) in [5.74, 6) is 0.184. The standard InChI is InChI=1S/C22H24N6O4/c29-12-13-3-2-10-27(13)22-23-9-8-18(25-22)24-16-5-1-4-14-15(16)11-28(21(14)32)17-6-7-19(30)26-20(17)31/h1,4-5,8-9,13,17,29H,2-3,6-7,10-12H2,(H,23,24,25)(H,26,30,31). The Balaban J connectivity index is 1.38. The summed E-state index contributed by atoms with van der Waals surface area (Å²) in [5, 5.41) is 15.2. The lowest BCUT2D eigenvalue weighted by Crippen LogP contribution is -2.52. The van der Waals surface area contributed by atoms with Gasteiger partial charge in [0.1, 0.15) is 11.9 Å². The second kappa shape index (κ2) is 8.19. The first-order valence-corrected chi connectivity index (χ1v) is 10.8. The number of aliphatic hydroxyl groups excluding tert-OH is 1. The maximum atomic E-state index is 13.0. The summed E-state index contributed by atoms with van der Waals surface area (Å²) in [7, 11) is 0. The number of benzene rings is 1. The second-order valence-electron chi connectivity index (χ2n) is 8.27. The Labute approximate surface area is 184 Å². The monoisotopic (exact) mass is 436 g/mol. The molecule has 2 aromatic rings. The van der Waals surface area contributed by atoms with Gasteiger partial charge in [-0.25, -0.2) is 4.98 Å². The molecule has 2 atom stereocenters. The highest BCUT2D eigenvalue weighted by molar-refractivity contribution is 6.06. The van der Waals surface area contributed by atoms with Gasteiger partial charge in [-0.15, -0.1) is 0 Å². The van der Waals surface area contributed by atoms with Crippen LogP contribution in [0.5, 0.6) is 0 Å². The maximum absolute atomic E-state index is 13.0. The minimum Gasteiger partial charge on any atom is -0.394 e. The van der Waals surface area contributed by atoms with Gasteiger partial charge in [-0.1, -0.05) is 6.07 Å². The fourth-order valence-corrected chi connectivity index (χ4v) is 4.69. The molecule has 10 heteroatoms. The van der Waals surface area contributed by atoms with Crippen LogP contribution in [0, 0.1) is 0 Å². The number of anilines is 3. The average Bonchev–Trinajstić information content (AvgIpc) is 3.40. The molecule has 4 heterocycles. The van der Waals surface area contributed by atoms with E-state index >= 15 is 0 Å². The van der Waals surface area contributed by atoms with Crippen LogP contribution in [0.2, 0.25) is 0 Å². The summed E-state index contributed by atoms with van der Waals surface area (Å²) in [6, 6.07) is 6.52. The quantitative estimate of drug-likeness (QED) is 0.591. The van der Waals surface area contributed by atoms with Crippen molar-refractivity contribution in [1.82, 2.24) is 20.2 Å². The van der Waals surface area contributed by atoms with Gasteiger partial charge >= 0.3 is 0 Å². The summed E-state index contributed by atoms with van der Waals surface area (Å²) < 4.78 is 0. The predicted molar refractivity (Wildman–Crippen MR) is 115 cm³/mol. The van der Waals surface area contributed by atoms with Crippen molar-refractivity contribution in [3.63, 3.8) is 0 Å². The molecule has 3 aliphatic heterocycles. The third kappa shape index (κ3) is 3.56. The molecule has 1 aromatic heterocycles. The van der Waals surface area contributed by atoms with Gasteiger partial charge in [0, 0.05) is 42.5 Å². The number of amides is 3. The van der Waals surface area contributed by atoms with E-state index < -0.39 is 11.9 Å². The Morgan fingerprint density at radius 3 is 2.84 bits per heavy atom. The van der Waals surface area contributed by atoms with Gasteiger partial charge in [0.15, 0.2) is 0 Å². The van der Waals surface area contributed by atoms with Crippen molar-refractivity contribution in [2.45, 2.75) is 44.3 Å². The number of carbonyl (C=O) groups is 3. The molecule has 2 fully saturated rings. The van der Waals surface area contributed by atoms with Crippen molar-refractivity contribution in [2.75, 3.05) is 23.4 Å². The zero-order valence-electron chi connectivity index (χ0n) is 17.5. The summed E-state index contributed by atoms with van der Waals surface area (Å²) in [4.78, 5) is 49.3. The molecule has 0 saturated carbocycles. The van der Waals surface area contributed by atoms with Crippen LogP contribution in [0.4, 0.5) is 17.5 Å². The summed E-state index contributed by atoms with van der Waals surface area (Å²) in [6.07, 6.45) is 4.10. The predicted octanol–water partition coefficient (Wildman–Crippen LogP) is 0.942. The van der Waals surface area contributed by atoms with Gasteiger partial charge in [-0.05, 0) is 37.5 Å². The number of hydrogen-bond donors (Lipinski definition) is 3. The third-order valence-corrected chi connectivity index (χ3v) is 6.33. The Morgan fingerprint density at radius 1 is 1.16 bits per heavy atom. The number of rotatable bonds is 5. The van der Waals surface area contributed by atoms with Gasteiger partial charge in [0.25, 0.3) is 5.91 Å². The van der Waals surface area contributed by atoms with Crippen LogP contribution < -0.4 is 15.5 Å². The molecule has 3 amide bonds. The molecule has 0 bridgehead atoms. The highest BCUT2D eigenvalue weighted by Crippen LogP contribution is 2.33. The number of piperidine rings is 1. The fraction of sp³-hybridized carbons (Fsp3) is 0.409. The lowest BCUT2D eigenvalue weighted by Gasteiger charge is -2.29. The Hall–Kier alpha value is -3.53. The van der Waals surface area contributed by atoms with Crippen LogP contribution in [-0.2, 0) is 16.1 Å². The maximum Gasteiger partial charge on any atom is 0.255 e. The minimum absolute atomic E-state index is 0.0194. The molecule has 1 aromatic carbocycles. The highest BCUT2D eigenvalue weighted by Gasteiger charge is 2.39. The van der Waals surface area contributed by atoms with Crippen molar-refractivity contribution in [1.29, 1.82) is 0 Å². The molecular weight excluding hydrogens is 412 g/mol. The number of hydrogen-bond acceptors (Lipinski definition) is 8. The number of aromatic nitrogens is 2. The second-order valence-corrected chi connectivity index (χ2v) is 8.27. The molecule has 32 heavy (non-hydrogen) atoms. The van der Waals surface area contributed by atoms with Crippen molar-refractivity contribution in [3.8, 4) is 0 Å². The molecule has 2 saturated heterocycles. The van der Waals surface area contributed by atoms with E-state index in [1.54, 1.807) is 24.4 Å². The summed E-state index contributed by atoms with van der Waals surface area (Å²) >= 11 is 0. The number of nitrogens with zero attached hydrogens (tertiary/aromatic N) is 4. The van der Waals surface area contributed by atoms with Crippen LogP contribution in [0.25, 0.3) is 0 Å². The Bertz CT molecular complexity index is 1090. The molecule has 3 aliphatic rings. The van der Waals surface area contributed by atoms with Crippen LogP contribution in [-0.4, -0.2) is 62.9 Å². The number of aliphatic hydroxyl groups is 1. The van der Waals surface area contributed by atoms with Gasteiger partial charge in [0.05, 0.1) is 12.6 Å². The van der Waals surface area contributed by atoms with Crippen molar-refractivity contribution in [2.24, 2.45) is 0 Å². The highest BCUT2D eigenvalue weighted by atomic mass is 16.3. The van der Waals surface area contributed by atoms with Crippen LogP contribution in [0.3, 0.4) is 0 Å². The van der Waals surface area contributed by atoms with E-state index in [1.807, 2.05) is 11.0 Å². The van der Waals surface area contributed by atoms with Crippen molar-refractivity contribution in [3.05, 3.63) is 41.6 Å². The first-order chi connectivity index (χ1) is 15.5. The zero-order valence-corrected chi connectivity index (χ0v) is 17.5. The lowest BCUT2D eigenvalue weighted by molar-refractivity contribution is -0.136. The first kappa shape index (κ1) is 20.4. The number of carbonyl (C=O) groups excluding carboxylic acids is 3. The summed E-state index contributed by atoms with van der Waals surface area (Å²) in [5.41, 5.74) is 2.06.